The van der Waals surface area contributed by atoms with Crippen LogP contribution in [-0.4, -0.2) is 29.6 Å². The molecule has 0 spiro atoms. The highest BCUT2D eigenvalue weighted by atomic mass is 16.6. The van der Waals surface area contributed by atoms with E-state index in [9.17, 15) is 9.59 Å². The van der Waals surface area contributed by atoms with Gasteiger partial charge in [0.1, 0.15) is 18.3 Å². The van der Waals surface area contributed by atoms with Crippen LogP contribution in [0.5, 0.6) is 0 Å². The van der Waals surface area contributed by atoms with Gasteiger partial charge in [0.05, 0.1) is 6.61 Å². The number of ether oxygens (including phenoxy) is 1. The first kappa shape index (κ1) is 11.1. The molecule has 0 heterocycles. The van der Waals surface area contributed by atoms with Gasteiger partial charge in [-0.2, -0.15) is 0 Å². The van der Waals surface area contributed by atoms with Gasteiger partial charge in [-0.15, -0.1) is 0 Å². The van der Waals surface area contributed by atoms with Crippen LogP contribution in [-0.2, 0) is 14.3 Å². The number of aliphatic hydroxyl groups is 1. The lowest BCUT2D eigenvalue weighted by Crippen LogP contribution is -2.22. The lowest BCUT2D eigenvalue weighted by Gasteiger charge is -2.11. The van der Waals surface area contributed by atoms with E-state index in [-0.39, 0.29) is 18.8 Å². The molecule has 0 amide bonds. The van der Waals surface area contributed by atoms with Gasteiger partial charge >= 0.3 is 5.97 Å². The third-order valence-electron chi connectivity index (χ3n) is 1.35. The molecule has 4 heteroatoms. The third kappa shape index (κ3) is 4.85. The van der Waals surface area contributed by atoms with Gasteiger partial charge in [-0.05, 0) is 13.3 Å². The number of carbonyl (C=O) groups excluding carboxylic acids is 2. The Morgan fingerprint density at radius 3 is 2.42 bits per heavy atom. The summed E-state index contributed by atoms with van der Waals surface area (Å²) in [4.78, 5) is 21.3. The molecule has 0 saturated heterocycles. The van der Waals surface area contributed by atoms with Crippen LogP contribution in [0, 0.1) is 0 Å². The number of Topliss-reactive ketones (excluding diaryl/α,β-unsaturated/α-hetero) is 1. The largest absolute Gasteiger partial charge is 0.460 e. The predicted molar refractivity (Wildman–Crippen MR) is 42.6 cm³/mol. The zero-order chi connectivity index (χ0) is 9.56. The van der Waals surface area contributed by atoms with Gasteiger partial charge in [0.2, 0.25) is 0 Å². The molecule has 70 valence electrons. The number of hydrogen-bond donors (Lipinski definition) is 1. The van der Waals surface area contributed by atoms with Crippen LogP contribution in [0.2, 0.25) is 0 Å². The smallest absolute Gasteiger partial charge is 0.313 e. The normalized spacial score (nSPS) is 12.2. The van der Waals surface area contributed by atoms with Crippen LogP contribution < -0.4 is 0 Å². The fourth-order valence-electron chi connectivity index (χ4n) is 0.681. The van der Waals surface area contributed by atoms with Gasteiger partial charge in [-0.25, -0.2) is 0 Å². The molecule has 0 aliphatic rings. The van der Waals surface area contributed by atoms with Crippen molar-refractivity contribution in [3.8, 4) is 0 Å². The van der Waals surface area contributed by atoms with Crippen molar-refractivity contribution in [1.29, 1.82) is 0 Å². The summed E-state index contributed by atoms with van der Waals surface area (Å²) in [6.45, 7) is 2.92. The standard InChI is InChI=1S/C8H14O4/c1-3-7(5-9)12-8(11)4-6(2)10/h7,9H,3-5H2,1-2H3. The SMILES string of the molecule is CCC(CO)OC(=O)CC(C)=O. The molecular formula is C8H14O4. The summed E-state index contributed by atoms with van der Waals surface area (Å²) in [5.74, 6) is -0.795. The van der Waals surface area contributed by atoms with Crippen LogP contribution in [0.25, 0.3) is 0 Å². The average molecular weight is 174 g/mol. The van der Waals surface area contributed by atoms with Gasteiger partial charge in [-0.3, -0.25) is 9.59 Å². The number of rotatable bonds is 5. The Kier molecular flexibility index (Phi) is 5.28. The summed E-state index contributed by atoms with van der Waals surface area (Å²) in [6, 6.07) is 0. The van der Waals surface area contributed by atoms with Crippen LogP contribution in [0.4, 0.5) is 0 Å². The molecule has 0 aromatic heterocycles. The summed E-state index contributed by atoms with van der Waals surface area (Å²) in [5, 5.41) is 8.65. The van der Waals surface area contributed by atoms with E-state index < -0.39 is 12.1 Å². The maximum Gasteiger partial charge on any atom is 0.313 e. The average Bonchev–Trinajstić information content (AvgIpc) is 1.98. The van der Waals surface area contributed by atoms with Crippen molar-refractivity contribution in [2.24, 2.45) is 0 Å². The van der Waals surface area contributed by atoms with Crippen molar-refractivity contribution in [2.45, 2.75) is 32.8 Å². The lowest BCUT2D eigenvalue weighted by atomic mass is 10.3. The van der Waals surface area contributed by atoms with Crippen LogP contribution in [0.15, 0.2) is 0 Å². The molecule has 0 fully saturated rings. The van der Waals surface area contributed by atoms with Crippen molar-refractivity contribution in [3.05, 3.63) is 0 Å². The van der Waals surface area contributed by atoms with Crippen LogP contribution in [0.1, 0.15) is 26.7 Å². The van der Waals surface area contributed by atoms with Gasteiger partial charge < -0.3 is 9.84 Å². The Morgan fingerprint density at radius 2 is 2.08 bits per heavy atom. The molecular weight excluding hydrogens is 160 g/mol. The molecule has 4 nitrogen and oxygen atoms in total. The van der Waals surface area contributed by atoms with Crippen molar-refractivity contribution in [1.82, 2.24) is 0 Å². The molecule has 0 bridgehead atoms. The van der Waals surface area contributed by atoms with Crippen LogP contribution >= 0.6 is 0 Å². The Hall–Kier alpha value is -0.900. The Morgan fingerprint density at radius 1 is 1.50 bits per heavy atom. The first-order valence-electron chi connectivity index (χ1n) is 3.90. The van der Waals surface area contributed by atoms with E-state index in [1.807, 2.05) is 0 Å². The number of aliphatic hydroxyl groups excluding tert-OH is 1. The second-order valence-electron chi connectivity index (χ2n) is 2.58. The topological polar surface area (TPSA) is 63.6 Å². The third-order valence-corrected chi connectivity index (χ3v) is 1.35. The maximum atomic E-state index is 10.8. The van der Waals surface area contributed by atoms with E-state index in [1.165, 1.54) is 6.92 Å². The highest BCUT2D eigenvalue weighted by molar-refractivity contribution is 5.94. The second-order valence-corrected chi connectivity index (χ2v) is 2.58. The summed E-state index contributed by atoms with van der Waals surface area (Å²) in [6.07, 6.45) is -0.131. The summed E-state index contributed by atoms with van der Waals surface area (Å²) in [7, 11) is 0. The number of hydrogen-bond acceptors (Lipinski definition) is 4. The zero-order valence-electron chi connectivity index (χ0n) is 7.37. The molecule has 0 rings (SSSR count). The molecule has 0 aromatic rings. The molecule has 1 atom stereocenters. The first-order chi connectivity index (χ1) is 5.60. The Balaban J connectivity index is 3.74. The molecule has 0 radical (unpaired) electrons. The van der Waals surface area contributed by atoms with Gasteiger partial charge in [-0.1, -0.05) is 6.92 Å². The van der Waals surface area contributed by atoms with E-state index in [0.29, 0.717) is 6.42 Å². The Bertz CT molecular complexity index is 160. The van der Waals surface area contributed by atoms with Crippen molar-refractivity contribution in [2.75, 3.05) is 6.61 Å². The van der Waals surface area contributed by atoms with Gasteiger partial charge in [0.25, 0.3) is 0 Å². The quantitative estimate of drug-likeness (QED) is 0.480. The zero-order valence-corrected chi connectivity index (χ0v) is 7.37. The second kappa shape index (κ2) is 5.71. The first-order valence-corrected chi connectivity index (χ1v) is 3.90. The van der Waals surface area contributed by atoms with Crippen LogP contribution in [0.3, 0.4) is 0 Å². The van der Waals surface area contributed by atoms with Crippen molar-refractivity contribution < 1.29 is 19.4 Å². The van der Waals surface area contributed by atoms with E-state index in [4.69, 9.17) is 9.84 Å². The molecule has 0 aliphatic carbocycles. The van der Waals surface area contributed by atoms with Gasteiger partial charge in [0.15, 0.2) is 0 Å². The fourth-order valence-corrected chi connectivity index (χ4v) is 0.681. The lowest BCUT2D eigenvalue weighted by molar-refractivity contribution is -0.152. The van der Waals surface area contributed by atoms with E-state index >= 15 is 0 Å². The molecule has 12 heavy (non-hydrogen) atoms. The van der Waals surface area contributed by atoms with E-state index in [2.05, 4.69) is 0 Å². The summed E-state index contributed by atoms with van der Waals surface area (Å²) >= 11 is 0. The highest BCUT2D eigenvalue weighted by Gasteiger charge is 2.12. The summed E-state index contributed by atoms with van der Waals surface area (Å²) < 4.78 is 4.75. The summed E-state index contributed by atoms with van der Waals surface area (Å²) in [5.41, 5.74) is 0. The van der Waals surface area contributed by atoms with E-state index in [1.54, 1.807) is 6.92 Å². The molecule has 1 unspecified atom stereocenters. The van der Waals surface area contributed by atoms with Crippen molar-refractivity contribution in [3.63, 3.8) is 0 Å². The molecule has 0 aromatic carbocycles. The monoisotopic (exact) mass is 174 g/mol. The number of ketones is 1. The molecule has 0 aliphatic heterocycles. The molecule has 0 saturated carbocycles. The Labute approximate surface area is 71.5 Å². The van der Waals surface area contributed by atoms with Crippen molar-refractivity contribution >= 4 is 11.8 Å². The minimum Gasteiger partial charge on any atom is -0.460 e. The van der Waals surface area contributed by atoms with E-state index in [0.717, 1.165) is 0 Å². The molecule has 1 N–H and O–H groups in total. The number of carbonyl (C=O) groups is 2. The minimum atomic E-state index is -0.566. The number of esters is 1. The predicted octanol–water partition coefficient (Wildman–Crippen LogP) is 0.280. The fraction of sp³-hybridized carbons (Fsp3) is 0.750. The minimum absolute atomic E-state index is 0.194. The highest BCUT2D eigenvalue weighted by Crippen LogP contribution is 1.99. The maximum absolute atomic E-state index is 10.8. The van der Waals surface area contributed by atoms with Gasteiger partial charge in [0, 0.05) is 0 Å².